The standard InChI is InChI=1S/C21H16O3/c1-24-21(23)18-14-8-13-17(15-9-4-2-5-10-15)19(18)20(22)16-11-6-3-7-12-16/h2-14H,1H3. The van der Waals surface area contributed by atoms with Gasteiger partial charge in [0, 0.05) is 11.1 Å². The van der Waals surface area contributed by atoms with Crippen LogP contribution in [-0.4, -0.2) is 18.9 Å². The number of carbonyl (C=O) groups is 2. The van der Waals surface area contributed by atoms with E-state index >= 15 is 0 Å². The molecule has 0 saturated carbocycles. The molecule has 0 saturated heterocycles. The Kier molecular flexibility index (Phi) is 4.52. The third-order valence-corrected chi connectivity index (χ3v) is 3.82. The molecule has 0 bridgehead atoms. The molecule has 0 aromatic heterocycles. The Labute approximate surface area is 140 Å². The lowest BCUT2D eigenvalue weighted by Gasteiger charge is -2.13. The number of methoxy groups -OCH3 is 1. The highest BCUT2D eigenvalue weighted by Crippen LogP contribution is 2.29. The van der Waals surface area contributed by atoms with Crippen molar-refractivity contribution < 1.29 is 14.3 Å². The summed E-state index contributed by atoms with van der Waals surface area (Å²) in [4.78, 5) is 25.3. The first-order valence-corrected chi connectivity index (χ1v) is 7.59. The number of ether oxygens (including phenoxy) is 1. The summed E-state index contributed by atoms with van der Waals surface area (Å²) >= 11 is 0. The molecular formula is C21H16O3. The fraction of sp³-hybridized carbons (Fsp3) is 0.0476. The summed E-state index contributed by atoms with van der Waals surface area (Å²) in [5.74, 6) is -0.720. The monoisotopic (exact) mass is 316 g/mol. The van der Waals surface area contributed by atoms with E-state index in [1.165, 1.54) is 7.11 Å². The lowest BCUT2D eigenvalue weighted by Crippen LogP contribution is -2.13. The van der Waals surface area contributed by atoms with Gasteiger partial charge in [-0.05, 0) is 17.2 Å². The summed E-state index contributed by atoms with van der Waals surface area (Å²) in [7, 11) is 1.31. The van der Waals surface area contributed by atoms with E-state index in [1.807, 2.05) is 42.5 Å². The highest BCUT2D eigenvalue weighted by atomic mass is 16.5. The lowest BCUT2D eigenvalue weighted by molar-refractivity contribution is 0.0597. The van der Waals surface area contributed by atoms with Gasteiger partial charge in [0.1, 0.15) is 0 Å². The molecule has 3 heteroatoms. The molecule has 0 atom stereocenters. The van der Waals surface area contributed by atoms with Crippen molar-refractivity contribution in [3.8, 4) is 11.1 Å². The first-order chi connectivity index (χ1) is 11.7. The van der Waals surface area contributed by atoms with Crippen molar-refractivity contribution in [2.75, 3.05) is 7.11 Å². The normalized spacial score (nSPS) is 10.2. The molecule has 3 rings (SSSR count). The molecule has 118 valence electrons. The number of rotatable bonds is 4. The fourth-order valence-electron chi connectivity index (χ4n) is 2.67. The third-order valence-electron chi connectivity index (χ3n) is 3.82. The molecule has 0 spiro atoms. The van der Waals surface area contributed by atoms with Crippen molar-refractivity contribution in [2.45, 2.75) is 0 Å². The van der Waals surface area contributed by atoms with Crippen LogP contribution in [0.15, 0.2) is 78.9 Å². The highest BCUT2D eigenvalue weighted by Gasteiger charge is 2.23. The molecule has 24 heavy (non-hydrogen) atoms. The average Bonchev–Trinajstić information content (AvgIpc) is 2.67. The molecule has 0 radical (unpaired) electrons. The summed E-state index contributed by atoms with van der Waals surface area (Å²) in [5, 5.41) is 0. The van der Waals surface area contributed by atoms with Crippen molar-refractivity contribution in [3.63, 3.8) is 0 Å². The van der Waals surface area contributed by atoms with E-state index in [9.17, 15) is 9.59 Å². The van der Waals surface area contributed by atoms with Gasteiger partial charge in [0.05, 0.1) is 12.7 Å². The summed E-state index contributed by atoms with van der Waals surface area (Å²) < 4.78 is 4.86. The Morgan fingerprint density at radius 1 is 0.750 bits per heavy atom. The quantitative estimate of drug-likeness (QED) is 0.530. The van der Waals surface area contributed by atoms with Crippen LogP contribution in [-0.2, 0) is 4.74 Å². The van der Waals surface area contributed by atoms with E-state index in [0.717, 1.165) is 5.56 Å². The Morgan fingerprint density at radius 3 is 2.00 bits per heavy atom. The first kappa shape index (κ1) is 15.7. The van der Waals surface area contributed by atoms with Crippen LogP contribution in [0.25, 0.3) is 11.1 Å². The number of hydrogen-bond acceptors (Lipinski definition) is 3. The zero-order valence-corrected chi connectivity index (χ0v) is 13.2. The van der Waals surface area contributed by atoms with Crippen LogP contribution in [0.2, 0.25) is 0 Å². The summed E-state index contributed by atoms with van der Waals surface area (Å²) in [6.07, 6.45) is 0. The van der Waals surface area contributed by atoms with Crippen LogP contribution in [0.3, 0.4) is 0 Å². The van der Waals surface area contributed by atoms with Gasteiger partial charge in [0.15, 0.2) is 5.78 Å². The molecule has 0 aliphatic carbocycles. The van der Waals surface area contributed by atoms with Crippen LogP contribution in [0.5, 0.6) is 0 Å². The number of ketones is 1. The Morgan fingerprint density at radius 2 is 1.38 bits per heavy atom. The largest absolute Gasteiger partial charge is 0.465 e. The molecular weight excluding hydrogens is 300 g/mol. The minimum atomic E-state index is -0.521. The summed E-state index contributed by atoms with van der Waals surface area (Å²) in [6, 6.07) is 23.7. The van der Waals surface area contributed by atoms with E-state index in [0.29, 0.717) is 16.7 Å². The van der Waals surface area contributed by atoms with Gasteiger partial charge in [0.2, 0.25) is 0 Å². The lowest BCUT2D eigenvalue weighted by atomic mass is 9.90. The minimum absolute atomic E-state index is 0.199. The van der Waals surface area contributed by atoms with Crippen molar-refractivity contribution in [3.05, 3.63) is 95.6 Å². The number of hydrogen-bond donors (Lipinski definition) is 0. The van der Waals surface area contributed by atoms with Crippen LogP contribution in [0.1, 0.15) is 26.3 Å². The first-order valence-electron chi connectivity index (χ1n) is 7.59. The van der Waals surface area contributed by atoms with Gasteiger partial charge >= 0.3 is 5.97 Å². The topological polar surface area (TPSA) is 43.4 Å². The maximum absolute atomic E-state index is 13.1. The smallest absolute Gasteiger partial charge is 0.338 e. The molecule has 0 aliphatic rings. The summed E-state index contributed by atoms with van der Waals surface area (Å²) in [6.45, 7) is 0. The van der Waals surface area contributed by atoms with E-state index in [4.69, 9.17) is 4.74 Å². The van der Waals surface area contributed by atoms with E-state index in [-0.39, 0.29) is 11.3 Å². The van der Waals surface area contributed by atoms with Gasteiger partial charge in [-0.1, -0.05) is 72.8 Å². The molecule has 0 fully saturated rings. The average molecular weight is 316 g/mol. The third kappa shape index (κ3) is 2.97. The van der Waals surface area contributed by atoms with Crippen molar-refractivity contribution >= 4 is 11.8 Å². The molecule has 3 nitrogen and oxygen atoms in total. The van der Waals surface area contributed by atoms with Gasteiger partial charge in [-0.3, -0.25) is 4.79 Å². The Balaban J connectivity index is 2.24. The van der Waals surface area contributed by atoms with Crippen LogP contribution >= 0.6 is 0 Å². The van der Waals surface area contributed by atoms with Gasteiger partial charge in [-0.15, -0.1) is 0 Å². The number of carbonyl (C=O) groups excluding carboxylic acids is 2. The van der Waals surface area contributed by atoms with Gasteiger partial charge < -0.3 is 4.74 Å². The van der Waals surface area contributed by atoms with E-state index in [1.54, 1.807) is 36.4 Å². The maximum atomic E-state index is 13.1. The molecule has 0 unspecified atom stereocenters. The number of benzene rings is 3. The second-order valence-corrected chi connectivity index (χ2v) is 5.28. The van der Waals surface area contributed by atoms with E-state index < -0.39 is 5.97 Å². The second-order valence-electron chi connectivity index (χ2n) is 5.28. The minimum Gasteiger partial charge on any atom is -0.465 e. The summed E-state index contributed by atoms with van der Waals surface area (Å²) in [5.41, 5.74) is 2.76. The Bertz CT molecular complexity index is 868. The highest BCUT2D eigenvalue weighted by molar-refractivity contribution is 6.18. The molecule has 0 aliphatic heterocycles. The van der Waals surface area contributed by atoms with Crippen LogP contribution in [0.4, 0.5) is 0 Å². The van der Waals surface area contributed by atoms with Crippen LogP contribution < -0.4 is 0 Å². The van der Waals surface area contributed by atoms with Crippen molar-refractivity contribution in [1.82, 2.24) is 0 Å². The van der Waals surface area contributed by atoms with Crippen molar-refractivity contribution in [1.29, 1.82) is 0 Å². The zero-order valence-electron chi connectivity index (χ0n) is 13.2. The molecule has 3 aromatic carbocycles. The molecule has 0 N–H and O–H groups in total. The fourth-order valence-corrected chi connectivity index (χ4v) is 2.67. The Hall–Kier alpha value is -3.20. The van der Waals surface area contributed by atoms with E-state index in [2.05, 4.69) is 0 Å². The predicted molar refractivity (Wildman–Crippen MR) is 93.1 cm³/mol. The maximum Gasteiger partial charge on any atom is 0.338 e. The molecule has 0 heterocycles. The van der Waals surface area contributed by atoms with Gasteiger partial charge in [0.25, 0.3) is 0 Å². The SMILES string of the molecule is COC(=O)c1cccc(-c2ccccc2)c1C(=O)c1ccccc1. The van der Waals surface area contributed by atoms with Gasteiger partial charge in [-0.2, -0.15) is 0 Å². The number of esters is 1. The molecule has 0 amide bonds. The van der Waals surface area contributed by atoms with Crippen LogP contribution in [0, 0.1) is 0 Å². The predicted octanol–water partition coefficient (Wildman–Crippen LogP) is 4.37. The molecule has 3 aromatic rings. The van der Waals surface area contributed by atoms with Crippen molar-refractivity contribution in [2.24, 2.45) is 0 Å². The van der Waals surface area contributed by atoms with Gasteiger partial charge in [-0.25, -0.2) is 4.79 Å². The second kappa shape index (κ2) is 6.92. The zero-order chi connectivity index (χ0) is 16.9.